The third-order valence-electron chi connectivity index (χ3n) is 3.40. The minimum atomic E-state index is -0.181. The molecule has 1 saturated carbocycles. The number of hydrogen-bond donors (Lipinski definition) is 1. The molecule has 1 aromatic heterocycles. The number of aryl methyl sites for hydroxylation is 2. The lowest BCUT2D eigenvalue weighted by Crippen LogP contribution is -2.12. The van der Waals surface area contributed by atoms with Crippen molar-refractivity contribution in [1.82, 2.24) is 9.78 Å². The van der Waals surface area contributed by atoms with Crippen molar-refractivity contribution in [2.45, 2.75) is 45.6 Å². The van der Waals surface area contributed by atoms with Crippen LogP contribution in [0.5, 0.6) is 0 Å². The fourth-order valence-electron chi connectivity index (χ4n) is 2.17. The van der Waals surface area contributed by atoms with E-state index in [-0.39, 0.29) is 6.10 Å². The van der Waals surface area contributed by atoms with Gasteiger partial charge < -0.3 is 5.11 Å². The van der Waals surface area contributed by atoms with Gasteiger partial charge in [-0.3, -0.25) is 4.68 Å². The van der Waals surface area contributed by atoms with Gasteiger partial charge in [-0.25, -0.2) is 0 Å². The molecule has 0 aliphatic heterocycles. The van der Waals surface area contributed by atoms with E-state index in [2.05, 4.69) is 12.0 Å². The molecular formula is C12H20N2O. The summed E-state index contributed by atoms with van der Waals surface area (Å²) in [6, 6.07) is 0. The molecule has 3 heteroatoms. The monoisotopic (exact) mass is 208 g/mol. The summed E-state index contributed by atoms with van der Waals surface area (Å²) in [7, 11) is 1.96. The first-order chi connectivity index (χ1) is 7.08. The van der Waals surface area contributed by atoms with Crippen LogP contribution in [0, 0.1) is 19.8 Å². The summed E-state index contributed by atoms with van der Waals surface area (Å²) >= 11 is 0. The van der Waals surface area contributed by atoms with Gasteiger partial charge in [0, 0.05) is 19.2 Å². The average Bonchev–Trinajstić information content (AvgIpc) is 2.92. The van der Waals surface area contributed by atoms with Crippen LogP contribution < -0.4 is 0 Å². The molecule has 1 unspecified atom stereocenters. The number of aromatic nitrogens is 2. The van der Waals surface area contributed by atoms with Gasteiger partial charge in [-0.1, -0.05) is 12.8 Å². The Labute approximate surface area is 91.1 Å². The van der Waals surface area contributed by atoms with E-state index in [0.29, 0.717) is 0 Å². The molecule has 0 aromatic carbocycles. The Kier molecular flexibility index (Phi) is 2.83. The summed E-state index contributed by atoms with van der Waals surface area (Å²) in [4.78, 5) is 0. The van der Waals surface area contributed by atoms with Gasteiger partial charge in [-0.15, -0.1) is 0 Å². The van der Waals surface area contributed by atoms with Crippen LogP contribution in [-0.4, -0.2) is 21.0 Å². The topological polar surface area (TPSA) is 38.0 Å². The summed E-state index contributed by atoms with van der Waals surface area (Å²) in [6.45, 7) is 4.09. The SMILES string of the molecule is Cc1nn(C)c(C)c1CC(O)CC1CC1. The molecule has 1 aliphatic rings. The number of aliphatic hydroxyl groups is 1. The van der Waals surface area contributed by atoms with Gasteiger partial charge in [0.05, 0.1) is 11.8 Å². The molecule has 3 nitrogen and oxygen atoms in total. The van der Waals surface area contributed by atoms with Crippen molar-refractivity contribution in [3.63, 3.8) is 0 Å². The lowest BCUT2D eigenvalue weighted by Gasteiger charge is -2.09. The lowest BCUT2D eigenvalue weighted by molar-refractivity contribution is 0.157. The van der Waals surface area contributed by atoms with Crippen LogP contribution in [0.3, 0.4) is 0 Å². The highest BCUT2D eigenvalue weighted by molar-refractivity contribution is 5.25. The molecule has 0 bridgehead atoms. The van der Waals surface area contributed by atoms with Crippen LogP contribution in [0.25, 0.3) is 0 Å². The average molecular weight is 208 g/mol. The van der Waals surface area contributed by atoms with Gasteiger partial charge in [-0.05, 0) is 31.7 Å². The van der Waals surface area contributed by atoms with Crippen molar-refractivity contribution < 1.29 is 5.11 Å². The van der Waals surface area contributed by atoms with Crippen molar-refractivity contribution in [3.8, 4) is 0 Å². The fourth-order valence-corrected chi connectivity index (χ4v) is 2.17. The van der Waals surface area contributed by atoms with Gasteiger partial charge >= 0.3 is 0 Å². The zero-order valence-corrected chi connectivity index (χ0v) is 9.82. The van der Waals surface area contributed by atoms with Crippen LogP contribution in [0.2, 0.25) is 0 Å². The van der Waals surface area contributed by atoms with Crippen molar-refractivity contribution >= 4 is 0 Å². The zero-order valence-electron chi connectivity index (χ0n) is 9.82. The molecule has 2 rings (SSSR count). The summed E-state index contributed by atoms with van der Waals surface area (Å²) in [5.41, 5.74) is 3.47. The predicted molar refractivity (Wildman–Crippen MR) is 59.7 cm³/mol. The normalized spacial score (nSPS) is 18.1. The molecule has 1 atom stereocenters. The second-order valence-corrected chi connectivity index (χ2v) is 4.81. The van der Waals surface area contributed by atoms with E-state index in [1.165, 1.54) is 24.1 Å². The van der Waals surface area contributed by atoms with Crippen LogP contribution >= 0.6 is 0 Å². The van der Waals surface area contributed by atoms with Crippen LogP contribution in [-0.2, 0) is 13.5 Å². The van der Waals surface area contributed by atoms with E-state index < -0.39 is 0 Å². The van der Waals surface area contributed by atoms with Crippen molar-refractivity contribution in [1.29, 1.82) is 0 Å². The molecule has 1 heterocycles. The third-order valence-corrected chi connectivity index (χ3v) is 3.40. The van der Waals surface area contributed by atoms with Gasteiger partial charge in [0.25, 0.3) is 0 Å². The molecule has 0 amide bonds. The Morgan fingerprint density at radius 2 is 2.13 bits per heavy atom. The summed E-state index contributed by atoms with van der Waals surface area (Å²) in [5, 5.41) is 14.3. The second-order valence-electron chi connectivity index (χ2n) is 4.81. The van der Waals surface area contributed by atoms with Crippen LogP contribution in [0.15, 0.2) is 0 Å². The van der Waals surface area contributed by atoms with Crippen LogP contribution in [0.1, 0.15) is 36.2 Å². The Balaban J connectivity index is 2.01. The highest BCUT2D eigenvalue weighted by Crippen LogP contribution is 2.34. The van der Waals surface area contributed by atoms with Crippen molar-refractivity contribution in [3.05, 3.63) is 17.0 Å². The largest absolute Gasteiger partial charge is 0.393 e. The van der Waals surface area contributed by atoms with Crippen molar-refractivity contribution in [2.24, 2.45) is 13.0 Å². The molecule has 0 radical (unpaired) electrons. The highest BCUT2D eigenvalue weighted by atomic mass is 16.3. The van der Waals surface area contributed by atoms with Crippen molar-refractivity contribution in [2.75, 3.05) is 0 Å². The van der Waals surface area contributed by atoms with Gasteiger partial charge in [-0.2, -0.15) is 5.10 Å². The minimum Gasteiger partial charge on any atom is -0.393 e. The maximum atomic E-state index is 9.93. The molecule has 1 aliphatic carbocycles. The quantitative estimate of drug-likeness (QED) is 0.818. The number of hydrogen-bond acceptors (Lipinski definition) is 2. The van der Waals surface area contributed by atoms with E-state index in [9.17, 15) is 5.11 Å². The maximum absolute atomic E-state index is 9.93. The highest BCUT2D eigenvalue weighted by Gasteiger charge is 2.25. The minimum absolute atomic E-state index is 0.181. The summed E-state index contributed by atoms with van der Waals surface area (Å²) < 4.78 is 1.90. The molecule has 1 aromatic rings. The Morgan fingerprint density at radius 1 is 1.47 bits per heavy atom. The number of aliphatic hydroxyl groups excluding tert-OH is 1. The number of rotatable bonds is 4. The maximum Gasteiger partial charge on any atom is 0.0629 e. The predicted octanol–water partition coefficient (Wildman–Crippen LogP) is 1.74. The standard InChI is InChI=1S/C12H20N2O/c1-8-12(9(2)14(3)13-8)7-11(15)6-10-4-5-10/h10-11,15H,4-7H2,1-3H3. The molecular weight excluding hydrogens is 188 g/mol. The van der Waals surface area contributed by atoms with E-state index in [1.807, 2.05) is 18.7 Å². The molecule has 15 heavy (non-hydrogen) atoms. The number of nitrogens with zero attached hydrogens (tertiary/aromatic N) is 2. The zero-order chi connectivity index (χ0) is 11.0. The molecule has 1 N–H and O–H groups in total. The van der Waals surface area contributed by atoms with Gasteiger partial charge in [0.1, 0.15) is 0 Å². The van der Waals surface area contributed by atoms with Gasteiger partial charge in [0.2, 0.25) is 0 Å². The Hall–Kier alpha value is -0.830. The first-order valence-corrected chi connectivity index (χ1v) is 5.75. The van der Waals surface area contributed by atoms with E-state index in [1.54, 1.807) is 0 Å². The lowest BCUT2D eigenvalue weighted by atomic mass is 10.0. The summed E-state index contributed by atoms with van der Waals surface area (Å²) in [6.07, 6.45) is 4.17. The molecule has 0 saturated heterocycles. The van der Waals surface area contributed by atoms with Crippen LogP contribution in [0.4, 0.5) is 0 Å². The van der Waals surface area contributed by atoms with E-state index in [0.717, 1.165) is 24.5 Å². The Morgan fingerprint density at radius 3 is 2.60 bits per heavy atom. The first-order valence-electron chi connectivity index (χ1n) is 5.75. The van der Waals surface area contributed by atoms with E-state index in [4.69, 9.17) is 0 Å². The Bertz CT molecular complexity index is 353. The third kappa shape index (κ3) is 2.40. The first kappa shape index (κ1) is 10.7. The molecule has 0 spiro atoms. The second kappa shape index (κ2) is 3.97. The molecule has 1 fully saturated rings. The van der Waals surface area contributed by atoms with E-state index >= 15 is 0 Å². The smallest absolute Gasteiger partial charge is 0.0629 e. The summed E-state index contributed by atoms with van der Waals surface area (Å²) in [5.74, 6) is 0.789. The van der Waals surface area contributed by atoms with Gasteiger partial charge in [0.15, 0.2) is 0 Å². The fraction of sp³-hybridized carbons (Fsp3) is 0.750. The molecule has 84 valence electrons.